The molecule has 2 rings (SSSR count). The molecule has 0 radical (unpaired) electrons. The molecule has 0 saturated heterocycles. The minimum Gasteiger partial charge on any atom is -0.507 e. The molecule has 0 fully saturated rings. The van der Waals surface area contributed by atoms with Gasteiger partial charge in [-0.2, -0.15) is 0 Å². The van der Waals surface area contributed by atoms with Gasteiger partial charge in [-0.15, -0.1) is 0 Å². The number of aryl methyl sites for hydroxylation is 1. The van der Waals surface area contributed by atoms with Gasteiger partial charge in [-0.1, -0.05) is 34.1 Å². The molecule has 20 heavy (non-hydrogen) atoms. The highest BCUT2D eigenvalue weighted by Gasteiger charge is 2.15. The molecule has 0 saturated carbocycles. The van der Waals surface area contributed by atoms with Crippen molar-refractivity contribution in [2.75, 3.05) is 0 Å². The molecular formula is C15H11BrO4. The Labute approximate surface area is 123 Å². The van der Waals surface area contributed by atoms with Gasteiger partial charge in [-0.25, -0.2) is 4.79 Å². The summed E-state index contributed by atoms with van der Waals surface area (Å²) >= 11 is 3.31. The van der Waals surface area contributed by atoms with E-state index in [0.717, 1.165) is 10.0 Å². The highest BCUT2D eigenvalue weighted by atomic mass is 79.9. The maximum absolute atomic E-state index is 11.9. The van der Waals surface area contributed by atoms with E-state index < -0.39 is 11.4 Å². The molecule has 4 nitrogen and oxygen atoms in total. The van der Waals surface area contributed by atoms with Crippen molar-refractivity contribution < 1.29 is 14.3 Å². The molecule has 2 aromatic rings. The second kappa shape index (κ2) is 5.88. The zero-order valence-electron chi connectivity index (χ0n) is 10.6. The summed E-state index contributed by atoms with van der Waals surface area (Å²) in [6.07, 6.45) is 2.79. The normalized spacial score (nSPS) is 10.9. The van der Waals surface area contributed by atoms with E-state index >= 15 is 0 Å². The van der Waals surface area contributed by atoms with Gasteiger partial charge in [0.25, 0.3) is 0 Å². The molecule has 0 spiro atoms. The van der Waals surface area contributed by atoms with E-state index in [4.69, 9.17) is 4.42 Å². The van der Waals surface area contributed by atoms with Crippen LogP contribution in [0, 0.1) is 6.92 Å². The van der Waals surface area contributed by atoms with E-state index in [1.54, 1.807) is 6.08 Å². The zero-order valence-corrected chi connectivity index (χ0v) is 12.2. The molecular weight excluding hydrogens is 324 g/mol. The Morgan fingerprint density at radius 1 is 1.30 bits per heavy atom. The van der Waals surface area contributed by atoms with Crippen LogP contribution >= 0.6 is 15.9 Å². The number of hydrogen-bond acceptors (Lipinski definition) is 4. The van der Waals surface area contributed by atoms with Crippen molar-refractivity contribution in [1.82, 2.24) is 0 Å². The van der Waals surface area contributed by atoms with Crippen molar-refractivity contribution in [1.29, 1.82) is 0 Å². The number of benzene rings is 1. The fourth-order valence-corrected chi connectivity index (χ4v) is 1.92. The number of allylic oxidation sites excluding steroid dienone is 1. The summed E-state index contributed by atoms with van der Waals surface area (Å²) in [6.45, 7) is 1.52. The van der Waals surface area contributed by atoms with Crippen LogP contribution in [0.4, 0.5) is 0 Å². The molecule has 1 N–H and O–H groups in total. The Balaban J connectivity index is 2.29. The van der Waals surface area contributed by atoms with E-state index in [9.17, 15) is 14.7 Å². The van der Waals surface area contributed by atoms with Crippen LogP contribution in [0.5, 0.6) is 5.75 Å². The zero-order chi connectivity index (χ0) is 14.7. The quantitative estimate of drug-likeness (QED) is 0.690. The lowest BCUT2D eigenvalue weighted by atomic mass is 10.1. The molecule has 1 aromatic carbocycles. The van der Waals surface area contributed by atoms with Gasteiger partial charge in [0.05, 0.1) is 0 Å². The van der Waals surface area contributed by atoms with E-state index in [-0.39, 0.29) is 17.1 Å². The summed E-state index contributed by atoms with van der Waals surface area (Å²) in [4.78, 5) is 23.5. The molecule has 0 atom stereocenters. The minimum absolute atomic E-state index is 0.251. The lowest BCUT2D eigenvalue weighted by Gasteiger charge is -2.00. The van der Waals surface area contributed by atoms with Crippen molar-refractivity contribution in [3.63, 3.8) is 0 Å². The number of rotatable bonds is 3. The third kappa shape index (κ3) is 3.24. The Hall–Kier alpha value is -2.14. The van der Waals surface area contributed by atoms with Crippen molar-refractivity contribution >= 4 is 27.8 Å². The van der Waals surface area contributed by atoms with Gasteiger partial charge < -0.3 is 9.52 Å². The van der Waals surface area contributed by atoms with Gasteiger partial charge in [0.2, 0.25) is 0 Å². The van der Waals surface area contributed by atoms with Crippen LogP contribution in [-0.4, -0.2) is 10.9 Å². The molecule has 0 amide bonds. The van der Waals surface area contributed by atoms with Gasteiger partial charge in [-0.3, -0.25) is 4.79 Å². The molecule has 0 aliphatic rings. The van der Waals surface area contributed by atoms with Crippen molar-refractivity contribution in [2.24, 2.45) is 0 Å². The monoisotopic (exact) mass is 334 g/mol. The first-order valence-corrected chi connectivity index (χ1v) is 6.58. The number of hydrogen-bond donors (Lipinski definition) is 1. The summed E-state index contributed by atoms with van der Waals surface area (Å²) < 4.78 is 5.73. The molecule has 0 aliphatic carbocycles. The first kappa shape index (κ1) is 14.3. The number of aromatic hydroxyl groups is 1. The third-order valence-corrected chi connectivity index (χ3v) is 3.13. The standard InChI is InChI=1S/C15H11BrO4/c1-9-8-13(18)14(15(19)20-9)12(17)7-4-10-2-5-11(16)6-3-10/h2-8,18H,1H3/b7-4+. The second-order valence-electron chi connectivity index (χ2n) is 4.15. The van der Waals surface area contributed by atoms with Crippen molar-refractivity contribution in [3.8, 4) is 5.75 Å². The summed E-state index contributed by atoms with van der Waals surface area (Å²) in [5.41, 5.74) is -0.394. The van der Waals surface area contributed by atoms with E-state index in [1.807, 2.05) is 24.3 Å². The summed E-state index contributed by atoms with van der Waals surface area (Å²) in [5, 5.41) is 9.66. The second-order valence-corrected chi connectivity index (χ2v) is 5.07. The number of carbonyl (C=O) groups is 1. The van der Waals surface area contributed by atoms with E-state index in [2.05, 4.69) is 15.9 Å². The largest absolute Gasteiger partial charge is 0.507 e. The van der Waals surface area contributed by atoms with Crippen LogP contribution in [0.3, 0.4) is 0 Å². The molecule has 0 bridgehead atoms. The number of carbonyl (C=O) groups excluding carboxylic acids is 1. The van der Waals surface area contributed by atoms with E-state index in [0.29, 0.717) is 0 Å². The van der Waals surface area contributed by atoms with Gasteiger partial charge in [0.15, 0.2) is 5.78 Å². The first-order chi connectivity index (χ1) is 9.47. The molecule has 5 heteroatoms. The Kier molecular flexibility index (Phi) is 4.20. The van der Waals surface area contributed by atoms with Crippen LogP contribution in [0.15, 0.2) is 50.1 Å². The molecule has 1 aromatic heterocycles. The minimum atomic E-state index is -0.840. The molecule has 0 aliphatic heterocycles. The maximum atomic E-state index is 11.9. The van der Waals surface area contributed by atoms with Gasteiger partial charge in [0.1, 0.15) is 17.1 Å². The lowest BCUT2D eigenvalue weighted by molar-refractivity contribution is 0.104. The summed E-state index contributed by atoms with van der Waals surface area (Å²) in [5.74, 6) is -0.718. The van der Waals surface area contributed by atoms with Crippen molar-refractivity contribution in [3.05, 3.63) is 68.2 Å². The fraction of sp³-hybridized carbons (Fsp3) is 0.0667. The number of halogens is 1. The highest BCUT2D eigenvalue weighted by Crippen LogP contribution is 2.16. The highest BCUT2D eigenvalue weighted by molar-refractivity contribution is 9.10. The summed E-state index contributed by atoms with van der Waals surface area (Å²) in [7, 11) is 0. The van der Waals surface area contributed by atoms with Crippen LogP contribution in [0.1, 0.15) is 21.7 Å². The predicted octanol–water partition coefficient (Wildman–Crippen LogP) is 3.31. The number of ketones is 1. The van der Waals surface area contributed by atoms with Crippen LogP contribution in [-0.2, 0) is 0 Å². The van der Waals surface area contributed by atoms with Crippen molar-refractivity contribution in [2.45, 2.75) is 6.92 Å². The Morgan fingerprint density at radius 3 is 2.55 bits per heavy atom. The van der Waals surface area contributed by atoms with Crippen LogP contribution in [0.2, 0.25) is 0 Å². The Morgan fingerprint density at radius 2 is 1.95 bits per heavy atom. The molecule has 1 heterocycles. The maximum Gasteiger partial charge on any atom is 0.351 e. The topological polar surface area (TPSA) is 67.5 Å². The fourth-order valence-electron chi connectivity index (χ4n) is 1.65. The van der Waals surface area contributed by atoms with Crippen LogP contribution in [0.25, 0.3) is 6.08 Å². The first-order valence-electron chi connectivity index (χ1n) is 5.79. The predicted molar refractivity (Wildman–Crippen MR) is 78.9 cm³/mol. The average molecular weight is 335 g/mol. The lowest BCUT2D eigenvalue weighted by Crippen LogP contribution is -2.12. The Bertz CT molecular complexity index is 727. The van der Waals surface area contributed by atoms with Gasteiger partial charge >= 0.3 is 5.63 Å². The van der Waals surface area contributed by atoms with Crippen LogP contribution < -0.4 is 5.63 Å². The molecule has 102 valence electrons. The van der Waals surface area contributed by atoms with E-state index in [1.165, 1.54) is 19.1 Å². The summed E-state index contributed by atoms with van der Waals surface area (Å²) in [6, 6.07) is 8.53. The van der Waals surface area contributed by atoms with Gasteiger partial charge in [-0.05, 0) is 30.7 Å². The average Bonchev–Trinajstić information content (AvgIpc) is 2.37. The smallest absolute Gasteiger partial charge is 0.351 e. The SMILES string of the molecule is Cc1cc(O)c(C(=O)/C=C/c2ccc(Br)cc2)c(=O)o1. The molecule has 0 unspecified atom stereocenters. The third-order valence-electron chi connectivity index (χ3n) is 2.60. The van der Waals surface area contributed by atoms with Gasteiger partial charge in [0, 0.05) is 10.5 Å².